The van der Waals surface area contributed by atoms with Gasteiger partial charge in [-0.3, -0.25) is 0 Å². The highest BCUT2D eigenvalue weighted by Crippen LogP contribution is 2.52. The maximum absolute atomic E-state index is 18.2. The van der Waals surface area contributed by atoms with Crippen LogP contribution in [-0.2, 0) is 13.7 Å². The van der Waals surface area contributed by atoms with Crippen LogP contribution in [0.4, 0.5) is 26.3 Å². The van der Waals surface area contributed by atoms with Crippen molar-refractivity contribution in [2.45, 2.75) is 27.7 Å². The van der Waals surface area contributed by atoms with Crippen LogP contribution >= 0.6 is 21.4 Å². The highest BCUT2D eigenvalue weighted by atomic mass is 31.2. The Morgan fingerprint density at radius 1 is 0.232 bits per heavy atom. The number of hydrogen-bond donors (Lipinski definition) is 0. The van der Waals surface area contributed by atoms with Crippen LogP contribution in [0.2, 0.25) is 0 Å². The van der Waals surface area contributed by atoms with Gasteiger partial charge in [-0.05, 0) is 243 Å². The molecule has 0 saturated carbocycles. The highest BCUT2D eigenvalue weighted by Gasteiger charge is 2.44. The molecule has 22 nitrogen and oxygen atoms in total. The summed E-state index contributed by atoms with van der Waals surface area (Å²) in [5.74, 6) is -5.91. The second-order valence-electron chi connectivity index (χ2n) is 31.4. The first-order valence-corrected chi connectivity index (χ1v) is 47.9. The van der Waals surface area contributed by atoms with Gasteiger partial charge in [0.1, 0.15) is 92.4 Å². The molecule has 0 aliphatic heterocycles. The monoisotopic (exact) mass is 1900 g/mol. The van der Waals surface area contributed by atoms with Crippen LogP contribution in [0, 0.1) is 62.6 Å². The maximum atomic E-state index is 18.2. The molecule has 3 aromatic heterocycles. The van der Waals surface area contributed by atoms with E-state index in [0.29, 0.717) is 56.4 Å². The molecule has 0 spiro atoms. The Labute approximate surface area is 787 Å². The van der Waals surface area contributed by atoms with Gasteiger partial charge in [-0.1, -0.05) is 157 Å². The van der Waals surface area contributed by atoms with Crippen LogP contribution in [0.3, 0.4) is 0 Å². The smallest absolute Gasteiger partial charge is 0.328 e. The van der Waals surface area contributed by atoms with Gasteiger partial charge in [-0.25, -0.2) is 26.3 Å². The summed E-state index contributed by atoms with van der Waals surface area (Å²) in [5, 5.41) is -1.65. The number of para-hydroxylation sites is 4. The molecule has 0 atom stereocenters. The van der Waals surface area contributed by atoms with Crippen molar-refractivity contribution in [1.29, 1.82) is 0 Å². The van der Waals surface area contributed by atoms with Crippen molar-refractivity contribution in [3.8, 4) is 150 Å². The lowest BCUT2D eigenvalue weighted by Gasteiger charge is -2.25. The highest BCUT2D eigenvalue weighted by molar-refractivity contribution is 7.86. The molecule has 0 aliphatic rings. The minimum absolute atomic E-state index is 0.00875. The van der Waals surface area contributed by atoms with E-state index in [1.165, 1.54) is 101 Å². The first-order chi connectivity index (χ1) is 66.9. The Bertz CT molecular complexity index is 7670. The van der Waals surface area contributed by atoms with Gasteiger partial charge in [0.25, 0.3) is 0 Å². The third-order valence-corrected chi connectivity index (χ3v) is 32.2. The largest absolute Gasteiger partial charge is 0.497 e. The Hall–Kier alpha value is -16.4. The summed E-state index contributed by atoms with van der Waals surface area (Å²) in [5.41, 5.74) is 4.23. The molecule has 18 aromatic rings. The van der Waals surface area contributed by atoms with Crippen LogP contribution in [0.15, 0.2) is 328 Å². The molecular formula is C107H78F6N9O13P3. The number of aromatic nitrogens is 9. The van der Waals surface area contributed by atoms with E-state index in [4.69, 9.17) is 47.4 Å². The maximum Gasteiger partial charge on any atom is 0.328 e. The molecule has 0 radical (unpaired) electrons. The molecule has 0 fully saturated rings. The average molecular weight is 1900 g/mol. The summed E-state index contributed by atoms with van der Waals surface area (Å²) < 4.78 is 213. The summed E-state index contributed by atoms with van der Waals surface area (Å²) in [6, 6.07) is 82.8. The zero-order chi connectivity index (χ0) is 96.1. The number of hydrogen-bond acceptors (Lipinski definition) is 22. The first-order valence-electron chi connectivity index (χ1n) is 42.7. The van der Waals surface area contributed by atoms with Gasteiger partial charge in [0.15, 0.2) is 38.9 Å². The molecule has 0 bridgehead atoms. The number of benzene rings is 15. The van der Waals surface area contributed by atoms with E-state index < -0.39 is 95.7 Å². The summed E-state index contributed by atoms with van der Waals surface area (Å²) in [4.78, 5) is 40.8. The molecule has 3 heterocycles. The lowest BCUT2D eigenvalue weighted by atomic mass is 10.1. The molecule has 18 rings (SSSR count). The molecule has 686 valence electrons. The van der Waals surface area contributed by atoms with Crippen molar-refractivity contribution in [3.63, 3.8) is 0 Å². The Balaban J connectivity index is 0.653. The van der Waals surface area contributed by atoms with Crippen LogP contribution < -0.4 is 95.1 Å². The summed E-state index contributed by atoms with van der Waals surface area (Å²) in [7, 11) is -7.86. The van der Waals surface area contributed by atoms with Crippen molar-refractivity contribution < 1.29 is 87.4 Å². The number of nitrogens with zero attached hydrogens (tertiary/aromatic N) is 9. The van der Waals surface area contributed by atoms with E-state index in [2.05, 4.69) is 44.9 Å². The standard InChI is InChI=1S/C107H78F6N9O13P3/c1-63-30-58-89(65(3)60-63)137(124,90-59-31-64(2)61-66(90)4)97-85(109)56-53-82(94(97)112)100-114-102(130-73-21-11-9-12-22-73)121-105(117-100)134-77-42-36-69(37-43-77)70-20-19-25-78(62-70)135-107-119-99(81-52-55-84(108)96(93(81)111)136(123,79-48-44-71(126-5)45-49-79)80-50-46-72(127-6)47-51-80)116-106(122-107)133-76-40-34-68(35-41-76)67-32-38-75(39-33-67)132-104-118-101(115-103(120-104)131-74-23-13-10-14-24-74)83-54-57-86(110)98(95(83)113)138(125,91-28-17-15-26-87(91)128-7)92-29-18-16-27-88(92)129-8/h9-62H,1-8H3. The number of rotatable bonds is 30. The Morgan fingerprint density at radius 2 is 0.522 bits per heavy atom. The normalized spacial score (nSPS) is 11.5. The molecule has 138 heavy (non-hydrogen) atoms. The second-order valence-corrected chi connectivity index (χ2v) is 39.4. The Morgan fingerprint density at radius 3 is 0.855 bits per heavy atom. The minimum Gasteiger partial charge on any atom is -0.497 e. The fraction of sp³-hybridized carbons (Fsp3) is 0.0748. The fourth-order valence-corrected chi connectivity index (χ4v) is 25.0. The van der Waals surface area contributed by atoms with Crippen molar-refractivity contribution in [3.05, 3.63) is 385 Å². The zero-order valence-corrected chi connectivity index (χ0v) is 77.3. The van der Waals surface area contributed by atoms with Crippen LogP contribution in [-0.4, -0.2) is 73.3 Å². The van der Waals surface area contributed by atoms with E-state index in [0.717, 1.165) is 47.5 Å². The lowest BCUT2D eigenvalue weighted by molar-refractivity contribution is 0.397. The molecule has 0 amide bonds. The molecule has 0 N–H and O–H groups in total. The fourth-order valence-electron chi connectivity index (χ4n) is 16.0. The van der Waals surface area contributed by atoms with Crippen molar-refractivity contribution in [1.82, 2.24) is 44.9 Å². The topological polar surface area (TPSA) is 260 Å². The summed E-state index contributed by atoms with van der Waals surface area (Å²) in [6.07, 6.45) is 0. The number of methoxy groups -OCH3 is 4. The molecule has 15 aromatic carbocycles. The number of ether oxygens (including phenoxy) is 10. The van der Waals surface area contributed by atoms with Crippen LogP contribution in [0.5, 0.6) is 93.6 Å². The SMILES string of the molecule is COc1ccc(P(=O)(c2ccc(OC)cc2)c2c(F)ccc(-c3nc(Oc4ccc(-c5ccc(Oc6nc(Oc7ccccc7)nc(-c7ccc(F)c(P(=O)(c8ccccc8OC)c8ccccc8OC)c7F)n6)cc5)cc4)nc(Oc4cccc(-c5ccc(Oc6nc(Oc7ccccc7)nc(-c7ccc(F)c(P(=O)(c8ccc(C)cc8C)c8ccc(C)cc8C)c7F)n6)cc5)c4)n3)c2F)cc1. The van der Waals surface area contributed by atoms with E-state index in [9.17, 15) is 0 Å². The van der Waals surface area contributed by atoms with E-state index in [1.54, 1.807) is 220 Å². The van der Waals surface area contributed by atoms with Gasteiger partial charge in [0.05, 0.1) is 71.7 Å². The zero-order valence-electron chi connectivity index (χ0n) is 74.6. The van der Waals surface area contributed by atoms with Crippen molar-refractivity contribution >= 4 is 69.2 Å². The third kappa shape index (κ3) is 18.6. The predicted molar refractivity (Wildman–Crippen MR) is 516 cm³/mol. The summed E-state index contributed by atoms with van der Waals surface area (Å²) >= 11 is 0. The van der Waals surface area contributed by atoms with Gasteiger partial charge in [-0.2, -0.15) is 29.9 Å². The molecule has 31 heteroatoms. The average Bonchev–Trinajstić information content (AvgIpc) is 0.733. The molecule has 0 aliphatic carbocycles. The minimum atomic E-state index is -4.59. The van der Waals surface area contributed by atoms with Gasteiger partial charge in [-0.15, -0.1) is 15.0 Å². The van der Waals surface area contributed by atoms with Crippen molar-refractivity contribution in [2.75, 3.05) is 28.4 Å². The molecule has 0 unspecified atom stereocenters. The number of halogens is 6. The van der Waals surface area contributed by atoms with E-state index in [-0.39, 0.29) is 113 Å². The quantitative estimate of drug-likeness (QED) is 0.0299. The molecular weight excluding hydrogens is 1830 g/mol. The van der Waals surface area contributed by atoms with Crippen molar-refractivity contribution in [2.24, 2.45) is 0 Å². The second kappa shape index (κ2) is 39.3. The van der Waals surface area contributed by atoms with E-state index >= 15 is 40.0 Å². The first kappa shape index (κ1) is 92.1. The van der Waals surface area contributed by atoms with Gasteiger partial charge >= 0.3 is 36.1 Å². The summed E-state index contributed by atoms with van der Waals surface area (Å²) in [6.45, 7) is 7.25. The third-order valence-electron chi connectivity index (χ3n) is 22.6. The lowest BCUT2D eigenvalue weighted by Crippen LogP contribution is -2.32. The Kier molecular flexibility index (Phi) is 26.2. The van der Waals surface area contributed by atoms with Gasteiger partial charge in [0, 0.05) is 21.2 Å². The van der Waals surface area contributed by atoms with Gasteiger partial charge in [0.2, 0.25) is 0 Å². The van der Waals surface area contributed by atoms with Crippen LogP contribution in [0.25, 0.3) is 56.4 Å². The predicted octanol–water partition coefficient (Wildman–Crippen LogP) is 22.4. The van der Waals surface area contributed by atoms with Crippen LogP contribution in [0.1, 0.15) is 22.3 Å². The number of aryl methyl sites for hydroxylation is 4. The van der Waals surface area contributed by atoms with E-state index in [1.807, 2.05) is 26.0 Å². The molecule has 0 saturated heterocycles. The van der Waals surface area contributed by atoms with Gasteiger partial charge < -0.3 is 61.1 Å².